The van der Waals surface area contributed by atoms with E-state index >= 15 is 0 Å². The molecule has 18 heteroatoms. The fourth-order valence-corrected chi connectivity index (χ4v) is 7.49. The minimum absolute atomic E-state index is 0.0331. The fraction of sp³-hybridized carbons (Fsp3) is 0.132. The van der Waals surface area contributed by atoms with Crippen molar-refractivity contribution >= 4 is 11.9 Å². The van der Waals surface area contributed by atoms with Gasteiger partial charge in [-0.3, -0.25) is 0 Å². The van der Waals surface area contributed by atoms with Crippen molar-refractivity contribution in [3.8, 4) is 45.4 Å². The van der Waals surface area contributed by atoms with Crippen LogP contribution in [0.3, 0.4) is 0 Å². The van der Waals surface area contributed by atoms with Crippen LogP contribution < -0.4 is 9.47 Å². The number of ether oxygens (including phenoxy) is 3. The average Bonchev–Trinajstić information content (AvgIpc) is 3.92. The first-order valence-corrected chi connectivity index (χ1v) is 21.1. The summed E-state index contributed by atoms with van der Waals surface area (Å²) in [6.45, 7) is 3.38. The van der Waals surface area contributed by atoms with E-state index in [0.717, 1.165) is 25.3 Å². The number of aromatic carboxylic acids is 1. The normalized spacial score (nSPS) is 11.5. The molecule has 0 unspecified atom stereocenters. The van der Waals surface area contributed by atoms with Crippen LogP contribution >= 0.6 is 0 Å². The molecule has 0 aliphatic rings. The van der Waals surface area contributed by atoms with E-state index in [9.17, 15) is 58.6 Å². The largest absolute Gasteiger partial charge is 0.488 e. The Bertz CT molecular complexity index is 3230. The molecule has 0 bridgehead atoms. The Morgan fingerprint density at radius 2 is 0.873 bits per heavy atom. The van der Waals surface area contributed by atoms with Crippen molar-refractivity contribution in [1.82, 2.24) is 9.13 Å². The summed E-state index contributed by atoms with van der Waals surface area (Å²) in [5.74, 6) is -3.94. The molecule has 0 saturated heterocycles. The van der Waals surface area contributed by atoms with Crippen molar-refractivity contribution in [2.75, 3.05) is 7.11 Å². The lowest BCUT2D eigenvalue weighted by atomic mass is 10.1. The molecule has 0 radical (unpaired) electrons. The Morgan fingerprint density at radius 3 is 1.25 bits per heavy atom. The Labute approximate surface area is 398 Å². The molecule has 2 heterocycles. The van der Waals surface area contributed by atoms with E-state index in [-0.39, 0.29) is 52.8 Å². The van der Waals surface area contributed by atoms with Crippen molar-refractivity contribution in [2.45, 2.75) is 39.4 Å². The maximum Gasteiger partial charge on any atom is 0.416 e. The highest BCUT2D eigenvalue weighted by Gasteiger charge is 2.34. The third-order valence-corrected chi connectivity index (χ3v) is 10.9. The number of nitrogens with zero attached hydrogens (tertiary/aromatic N) is 2. The Kier molecular flexibility index (Phi) is 14.8. The van der Waals surface area contributed by atoms with Crippen LogP contribution in [-0.4, -0.2) is 33.3 Å². The van der Waals surface area contributed by atoms with Crippen LogP contribution in [0.25, 0.3) is 33.9 Å². The number of halogens is 10. The van der Waals surface area contributed by atoms with E-state index in [0.29, 0.717) is 46.0 Å². The molecule has 8 nitrogen and oxygen atoms in total. The fourth-order valence-electron chi connectivity index (χ4n) is 7.49. The van der Waals surface area contributed by atoms with Crippen molar-refractivity contribution in [1.29, 1.82) is 0 Å². The van der Waals surface area contributed by atoms with Crippen LogP contribution in [-0.2, 0) is 30.3 Å². The molecular formula is C53H38F10N2O6. The Balaban J connectivity index is 0.000000209. The first kappa shape index (κ1) is 50.6. The predicted octanol–water partition coefficient (Wildman–Crippen LogP) is 14.1. The summed E-state index contributed by atoms with van der Waals surface area (Å²) in [5, 5.41) is 9.36. The number of aryl methyl sites for hydroxylation is 2. The standard InChI is InChI=1S/C27H20F5NO3.C26H18F5NO3/c1-16-3-9-24(33(16)22-12-18(26(34)35-2)11-19(13-22)27(30,31)32)23-14-21(29)8-10-25(23)36-15-17-4-6-20(28)7-5-17;1-15-2-8-23(32(15)21-11-17(25(33)34)10-18(12-21)26(29,30)31)22-13-20(28)7-9-24(22)35-14-16-3-5-19(27)6-4-16/h3-14H,15H2,1-2H3;2-13H,14H2,1H3,(H,33,34). The van der Waals surface area contributed by atoms with Gasteiger partial charge in [-0.05, 0) is 146 Å². The number of esters is 1. The molecule has 0 atom stereocenters. The number of alkyl halides is 6. The van der Waals surface area contributed by atoms with Gasteiger partial charge in [-0.2, -0.15) is 26.3 Å². The lowest BCUT2D eigenvalue weighted by Gasteiger charge is -2.18. The minimum Gasteiger partial charge on any atom is -0.488 e. The summed E-state index contributed by atoms with van der Waals surface area (Å²) in [7, 11) is 1.08. The van der Waals surface area contributed by atoms with E-state index in [1.165, 1.54) is 88.0 Å². The van der Waals surface area contributed by atoms with Gasteiger partial charge >= 0.3 is 24.3 Å². The molecule has 0 aliphatic carbocycles. The first-order chi connectivity index (χ1) is 33.6. The van der Waals surface area contributed by atoms with Crippen LogP contribution in [0.5, 0.6) is 11.5 Å². The van der Waals surface area contributed by atoms with Crippen LogP contribution in [0, 0.1) is 37.1 Å². The highest BCUT2D eigenvalue weighted by Crippen LogP contribution is 2.39. The molecular weight excluding hydrogens is 951 g/mol. The second-order valence-electron chi connectivity index (χ2n) is 15.8. The van der Waals surface area contributed by atoms with E-state index in [4.69, 9.17) is 9.47 Å². The van der Waals surface area contributed by atoms with Crippen molar-refractivity contribution in [2.24, 2.45) is 0 Å². The zero-order valence-corrected chi connectivity index (χ0v) is 37.4. The predicted molar refractivity (Wildman–Crippen MR) is 242 cm³/mol. The number of carboxylic acids is 1. The lowest BCUT2D eigenvalue weighted by Crippen LogP contribution is -2.11. The molecule has 0 amide bonds. The Morgan fingerprint density at radius 1 is 0.493 bits per heavy atom. The van der Waals surface area contributed by atoms with Crippen molar-refractivity contribution in [3.05, 3.63) is 214 Å². The van der Waals surface area contributed by atoms with Crippen LogP contribution in [0.2, 0.25) is 0 Å². The molecule has 6 aromatic carbocycles. The van der Waals surface area contributed by atoms with Gasteiger partial charge in [0, 0.05) is 33.9 Å². The molecule has 1 N–H and O–H groups in total. The zero-order chi connectivity index (χ0) is 51.4. The first-order valence-electron chi connectivity index (χ1n) is 21.1. The van der Waals surface area contributed by atoms with Gasteiger partial charge in [0.2, 0.25) is 0 Å². The number of methoxy groups -OCH3 is 1. The molecule has 0 fully saturated rings. The van der Waals surface area contributed by atoms with E-state index < -0.39 is 64.3 Å². The van der Waals surface area contributed by atoms with Crippen molar-refractivity contribution < 1.29 is 72.8 Å². The maximum absolute atomic E-state index is 14.3. The van der Waals surface area contributed by atoms with Gasteiger partial charge in [-0.15, -0.1) is 0 Å². The van der Waals surface area contributed by atoms with E-state index in [1.54, 1.807) is 50.2 Å². The highest BCUT2D eigenvalue weighted by atomic mass is 19.4. The van der Waals surface area contributed by atoms with Gasteiger partial charge in [0.15, 0.2) is 0 Å². The summed E-state index contributed by atoms with van der Waals surface area (Å²) >= 11 is 0. The SMILES string of the molecule is COC(=O)c1cc(-n2c(C)ccc2-c2cc(F)ccc2OCc2ccc(F)cc2)cc(C(F)(F)F)c1.Cc1ccc(-c2cc(F)ccc2OCc2ccc(F)cc2)n1-c1cc(C(=O)O)cc(C(F)(F)F)c1. The quantitative estimate of drug-likeness (QED) is 0.0968. The summed E-state index contributed by atoms with van der Waals surface area (Å²) in [4.78, 5) is 23.6. The summed E-state index contributed by atoms with van der Waals surface area (Å²) in [5.41, 5.74) is 0.508. The van der Waals surface area contributed by atoms with E-state index in [2.05, 4.69) is 4.74 Å². The number of rotatable bonds is 12. The van der Waals surface area contributed by atoms with Gasteiger partial charge in [-0.25, -0.2) is 27.2 Å². The van der Waals surface area contributed by atoms with E-state index in [1.807, 2.05) is 0 Å². The molecule has 8 aromatic rings. The number of benzene rings is 6. The van der Waals surface area contributed by atoms with Crippen LogP contribution in [0.4, 0.5) is 43.9 Å². The molecule has 366 valence electrons. The second kappa shape index (κ2) is 20.8. The number of carboxylic acid groups (broad SMARTS) is 1. The van der Waals surface area contributed by atoms with Gasteiger partial charge in [0.1, 0.15) is 48.0 Å². The highest BCUT2D eigenvalue weighted by molar-refractivity contribution is 5.91. The minimum atomic E-state index is -4.77. The smallest absolute Gasteiger partial charge is 0.416 e. The average molecular weight is 989 g/mol. The summed E-state index contributed by atoms with van der Waals surface area (Å²) in [6.07, 6.45) is -9.49. The Hall–Kier alpha value is -8.28. The van der Waals surface area contributed by atoms with Gasteiger partial charge < -0.3 is 28.5 Å². The zero-order valence-electron chi connectivity index (χ0n) is 37.4. The molecule has 2 aromatic heterocycles. The van der Waals surface area contributed by atoms with Crippen LogP contribution in [0.15, 0.2) is 146 Å². The molecule has 0 spiro atoms. The number of hydrogen-bond acceptors (Lipinski definition) is 5. The summed E-state index contributed by atoms with van der Waals surface area (Å²) < 4.78 is 155. The molecule has 0 saturated carbocycles. The summed E-state index contributed by atoms with van der Waals surface area (Å²) in [6, 6.07) is 30.7. The molecule has 8 rings (SSSR count). The molecule has 71 heavy (non-hydrogen) atoms. The third kappa shape index (κ3) is 12.0. The second-order valence-corrected chi connectivity index (χ2v) is 15.8. The topological polar surface area (TPSA) is 91.9 Å². The number of aromatic nitrogens is 2. The number of hydrogen-bond donors (Lipinski definition) is 1. The van der Waals surface area contributed by atoms with Crippen molar-refractivity contribution in [3.63, 3.8) is 0 Å². The van der Waals surface area contributed by atoms with Crippen LogP contribution in [0.1, 0.15) is 54.4 Å². The number of carbonyl (C=O) groups is 2. The number of carbonyl (C=O) groups excluding carboxylic acids is 1. The monoisotopic (exact) mass is 988 g/mol. The third-order valence-electron chi connectivity index (χ3n) is 10.9. The van der Waals surface area contributed by atoms with Gasteiger partial charge in [-0.1, -0.05) is 24.3 Å². The van der Waals surface area contributed by atoms with Gasteiger partial charge in [0.05, 0.1) is 40.8 Å². The lowest BCUT2D eigenvalue weighted by molar-refractivity contribution is -0.138. The molecule has 0 aliphatic heterocycles. The maximum atomic E-state index is 14.3. The van der Waals surface area contributed by atoms with Gasteiger partial charge in [0.25, 0.3) is 0 Å².